The van der Waals surface area contributed by atoms with Crippen LogP contribution in [-0.4, -0.2) is 32.5 Å². The van der Waals surface area contributed by atoms with Crippen LogP contribution >= 0.6 is 0 Å². The van der Waals surface area contributed by atoms with Crippen molar-refractivity contribution in [2.24, 2.45) is 0 Å². The lowest BCUT2D eigenvalue weighted by molar-refractivity contribution is -0.153. The van der Waals surface area contributed by atoms with Gasteiger partial charge >= 0.3 is 6.18 Å². The third-order valence-electron chi connectivity index (χ3n) is 4.03. The molecule has 0 saturated heterocycles. The number of aromatic amines is 1. The number of ether oxygens (including phenoxy) is 1. The number of nitrogens with one attached hydrogen (secondary N) is 1. The summed E-state index contributed by atoms with van der Waals surface area (Å²) in [6, 6.07) is 7.31. The molecule has 0 aliphatic heterocycles. The Hall–Kier alpha value is -3.10. The molecule has 28 heavy (non-hydrogen) atoms. The second kappa shape index (κ2) is 8.28. The average molecular weight is 392 g/mol. The summed E-state index contributed by atoms with van der Waals surface area (Å²) in [6.07, 6.45) is 1.19. The maximum absolute atomic E-state index is 12.8. The van der Waals surface area contributed by atoms with Gasteiger partial charge in [-0.1, -0.05) is 13.3 Å². The number of hydrogen-bond donors (Lipinski definition) is 1. The first kappa shape index (κ1) is 19.7. The zero-order valence-corrected chi connectivity index (χ0v) is 15.2. The van der Waals surface area contributed by atoms with Crippen molar-refractivity contribution in [1.82, 2.24) is 19.7 Å². The monoisotopic (exact) mass is 392 g/mol. The molecule has 0 aliphatic rings. The summed E-state index contributed by atoms with van der Waals surface area (Å²) in [6.45, 7) is 0.671. The van der Waals surface area contributed by atoms with Crippen LogP contribution in [0.25, 0.3) is 16.9 Å². The Morgan fingerprint density at radius 2 is 1.96 bits per heavy atom. The maximum Gasteiger partial charge on any atom is 0.422 e. The molecule has 9 heteroatoms. The van der Waals surface area contributed by atoms with Gasteiger partial charge in [0, 0.05) is 24.2 Å². The van der Waals surface area contributed by atoms with E-state index in [0.717, 1.165) is 12.8 Å². The molecule has 0 bridgehead atoms. The van der Waals surface area contributed by atoms with Crippen LogP contribution in [0, 0.1) is 0 Å². The van der Waals surface area contributed by atoms with E-state index < -0.39 is 12.8 Å². The minimum Gasteiger partial charge on any atom is -0.484 e. The second-order valence-corrected chi connectivity index (χ2v) is 6.22. The third-order valence-corrected chi connectivity index (χ3v) is 4.03. The van der Waals surface area contributed by atoms with Crippen LogP contribution in [0.5, 0.6) is 5.75 Å². The van der Waals surface area contributed by atoms with Gasteiger partial charge in [0.05, 0.1) is 17.6 Å². The SMILES string of the molecule is CCCCc1nc(-c2cn[nH]c2)cc(=O)n1-c1ccc(OCC(F)(F)F)cc1. The van der Waals surface area contributed by atoms with Crippen molar-refractivity contribution >= 4 is 0 Å². The summed E-state index contributed by atoms with van der Waals surface area (Å²) in [5, 5.41) is 6.57. The molecule has 1 N–H and O–H groups in total. The molecule has 0 unspecified atom stereocenters. The smallest absolute Gasteiger partial charge is 0.422 e. The predicted octanol–water partition coefficient (Wildman–Crippen LogP) is 3.91. The molecule has 0 saturated carbocycles. The Labute approximate surface area is 159 Å². The second-order valence-electron chi connectivity index (χ2n) is 6.22. The fourth-order valence-corrected chi connectivity index (χ4v) is 2.70. The number of hydrogen-bond acceptors (Lipinski definition) is 4. The molecular formula is C19H19F3N4O2. The molecule has 0 fully saturated rings. The zero-order chi connectivity index (χ0) is 20.1. The lowest BCUT2D eigenvalue weighted by atomic mass is 10.2. The van der Waals surface area contributed by atoms with Gasteiger partial charge in [-0.2, -0.15) is 18.3 Å². The van der Waals surface area contributed by atoms with Gasteiger partial charge in [0.15, 0.2) is 6.61 Å². The maximum atomic E-state index is 12.8. The van der Waals surface area contributed by atoms with Crippen LogP contribution in [-0.2, 0) is 6.42 Å². The Balaban J connectivity index is 1.94. The number of H-pyrrole nitrogens is 1. The number of rotatable bonds is 7. The summed E-state index contributed by atoms with van der Waals surface area (Å²) in [7, 11) is 0. The standard InChI is InChI=1S/C19H19F3N4O2/c1-2-3-4-17-25-16(13-10-23-24-11-13)9-18(27)26(17)14-5-7-15(8-6-14)28-12-19(20,21)22/h5-11H,2-4,12H2,1H3,(H,23,24). The summed E-state index contributed by atoms with van der Waals surface area (Å²) in [5.74, 6) is 0.654. The van der Waals surface area contributed by atoms with Crippen LogP contribution in [0.3, 0.4) is 0 Å². The van der Waals surface area contributed by atoms with Crippen LogP contribution in [0.1, 0.15) is 25.6 Å². The minimum atomic E-state index is -4.41. The number of alkyl halides is 3. The lowest BCUT2D eigenvalue weighted by Gasteiger charge is -2.14. The van der Waals surface area contributed by atoms with Crippen LogP contribution in [0.15, 0.2) is 47.5 Å². The quantitative estimate of drug-likeness (QED) is 0.662. The molecule has 0 amide bonds. The first-order chi connectivity index (χ1) is 13.4. The molecule has 0 radical (unpaired) electrons. The molecule has 3 aromatic rings. The number of aromatic nitrogens is 4. The van der Waals surface area contributed by atoms with Gasteiger partial charge in [-0.3, -0.25) is 14.5 Å². The topological polar surface area (TPSA) is 72.8 Å². The fourth-order valence-electron chi connectivity index (χ4n) is 2.70. The van der Waals surface area contributed by atoms with Crippen molar-refractivity contribution < 1.29 is 17.9 Å². The molecule has 2 heterocycles. The van der Waals surface area contributed by atoms with Crippen molar-refractivity contribution in [3.05, 3.63) is 58.9 Å². The lowest BCUT2D eigenvalue weighted by Crippen LogP contribution is -2.23. The first-order valence-corrected chi connectivity index (χ1v) is 8.79. The summed E-state index contributed by atoms with van der Waals surface area (Å²) in [4.78, 5) is 17.4. The highest BCUT2D eigenvalue weighted by Crippen LogP contribution is 2.21. The molecule has 0 aliphatic carbocycles. The largest absolute Gasteiger partial charge is 0.484 e. The highest BCUT2D eigenvalue weighted by molar-refractivity contribution is 5.56. The molecule has 3 rings (SSSR count). The van der Waals surface area contributed by atoms with Crippen molar-refractivity contribution in [1.29, 1.82) is 0 Å². The van der Waals surface area contributed by atoms with Gasteiger partial charge in [-0.25, -0.2) is 4.98 Å². The number of unbranched alkanes of at least 4 members (excludes halogenated alkanes) is 1. The van der Waals surface area contributed by atoms with E-state index >= 15 is 0 Å². The molecule has 2 aromatic heterocycles. The van der Waals surface area contributed by atoms with Gasteiger partial charge in [-0.05, 0) is 30.7 Å². The van der Waals surface area contributed by atoms with Crippen molar-refractivity contribution in [3.8, 4) is 22.7 Å². The van der Waals surface area contributed by atoms with Gasteiger partial charge in [0.1, 0.15) is 11.6 Å². The third kappa shape index (κ3) is 4.79. The van der Waals surface area contributed by atoms with E-state index in [0.29, 0.717) is 29.2 Å². The molecule has 0 atom stereocenters. The van der Waals surface area contributed by atoms with Gasteiger partial charge in [0.2, 0.25) is 0 Å². The summed E-state index contributed by atoms with van der Waals surface area (Å²) in [5.41, 5.74) is 1.46. The van der Waals surface area contributed by atoms with Crippen LogP contribution in [0.2, 0.25) is 0 Å². The van der Waals surface area contributed by atoms with Crippen molar-refractivity contribution in [3.63, 3.8) is 0 Å². The minimum absolute atomic E-state index is 0.0761. The highest BCUT2D eigenvalue weighted by Gasteiger charge is 2.28. The summed E-state index contributed by atoms with van der Waals surface area (Å²) >= 11 is 0. The van der Waals surface area contributed by atoms with Crippen LogP contribution < -0.4 is 10.3 Å². The normalized spacial score (nSPS) is 11.6. The Morgan fingerprint density at radius 1 is 1.21 bits per heavy atom. The van der Waals surface area contributed by atoms with E-state index in [4.69, 9.17) is 4.74 Å². The Morgan fingerprint density at radius 3 is 2.57 bits per heavy atom. The Kier molecular flexibility index (Phi) is 5.81. The number of benzene rings is 1. The molecule has 148 valence electrons. The zero-order valence-electron chi connectivity index (χ0n) is 15.2. The van der Waals surface area contributed by atoms with Crippen molar-refractivity contribution in [2.75, 3.05) is 6.61 Å². The predicted molar refractivity (Wildman–Crippen MR) is 97.6 cm³/mol. The molecular weight excluding hydrogens is 373 g/mol. The van der Waals surface area contributed by atoms with E-state index in [-0.39, 0.29) is 11.3 Å². The molecule has 1 aromatic carbocycles. The van der Waals surface area contributed by atoms with Gasteiger partial charge in [0.25, 0.3) is 5.56 Å². The van der Waals surface area contributed by atoms with E-state index in [2.05, 4.69) is 15.2 Å². The highest BCUT2D eigenvalue weighted by atomic mass is 19.4. The average Bonchev–Trinajstić information content (AvgIpc) is 3.19. The molecule has 0 spiro atoms. The summed E-state index contributed by atoms with van der Waals surface area (Å²) < 4.78 is 43.0. The first-order valence-electron chi connectivity index (χ1n) is 8.79. The fraction of sp³-hybridized carbons (Fsp3) is 0.316. The van der Waals surface area contributed by atoms with E-state index in [1.54, 1.807) is 24.5 Å². The number of halogens is 3. The molecule has 6 nitrogen and oxygen atoms in total. The number of nitrogens with zero attached hydrogens (tertiary/aromatic N) is 3. The number of aryl methyl sites for hydroxylation is 1. The Bertz CT molecular complexity index is 964. The van der Waals surface area contributed by atoms with E-state index in [1.807, 2.05) is 6.92 Å². The van der Waals surface area contributed by atoms with E-state index in [1.165, 1.54) is 22.8 Å². The van der Waals surface area contributed by atoms with E-state index in [9.17, 15) is 18.0 Å². The van der Waals surface area contributed by atoms with Gasteiger partial charge < -0.3 is 4.74 Å². The van der Waals surface area contributed by atoms with Gasteiger partial charge in [-0.15, -0.1) is 0 Å². The van der Waals surface area contributed by atoms with Crippen molar-refractivity contribution in [2.45, 2.75) is 32.4 Å². The van der Waals surface area contributed by atoms with Crippen LogP contribution in [0.4, 0.5) is 13.2 Å².